The quantitative estimate of drug-likeness (QED) is 0.615. The molecule has 0 aliphatic heterocycles. The van der Waals surface area contributed by atoms with Crippen LogP contribution in [0.1, 0.15) is 35.3 Å². The lowest BCUT2D eigenvalue weighted by molar-refractivity contribution is 0.0772. The third-order valence-electron chi connectivity index (χ3n) is 4.43. The summed E-state index contributed by atoms with van der Waals surface area (Å²) >= 11 is 0. The van der Waals surface area contributed by atoms with Crippen molar-refractivity contribution < 1.29 is 23.1 Å². The van der Waals surface area contributed by atoms with Gasteiger partial charge in [-0.2, -0.15) is 0 Å². The van der Waals surface area contributed by atoms with E-state index in [9.17, 15) is 18.4 Å². The fraction of sp³-hybridized carbons (Fsp3) is 0.364. The van der Waals surface area contributed by atoms with Crippen molar-refractivity contribution in [1.29, 1.82) is 0 Å². The van der Waals surface area contributed by atoms with Gasteiger partial charge in [0.05, 0.1) is 0 Å². The molecule has 2 aromatic carbocycles. The minimum absolute atomic E-state index is 0.0167. The first-order chi connectivity index (χ1) is 14.4. The van der Waals surface area contributed by atoms with E-state index in [0.29, 0.717) is 30.9 Å². The van der Waals surface area contributed by atoms with Crippen molar-refractivity contribution in [2.45, 2.75) is 33.4 Å². The molecule has 0 aliphatic carbocycles. The highest BCUT2D eigenvalue weighted by atomic mass is 19.3. The fourth-order valence-corrected chi connectivity index (χ4v) is 2.79. The molecule has 0 atom stereocenters. The average molecular weight is 419 g/mol. The lowest BCUT2D eigenvalue weighted by Crippen LogP contribution is -2.34. The number of hydrogen-bond donors (Lipinski definition) is 2. The van der Waals surface area contributed by atoms with E-state index in [1.165, 1.54) is 0 Å². The maximum absolute atomic E-state index is 12.3. The highest BCUT2D eigenvalue weighted by Gasteiger charge is 2.12. The number of rotatable bonds is 10. The van der Waals surface area contributed by atoms with E-state index < -0.39 is 13.0 Å². The molecule has 0 saturated heterocycles. The first-order valence-electron chi connectivity index (χ1n) is 9.82. The number of amides is 3. The Kier molecular flexibility index (Phi) is 9.05. The van der Waals surface area contributed by atoms with E-state index in [-0.39, 0.29) is 18.5 Å². The number of ether oxygens (including phenoxy) is 1. The molecule has 3 amide bonds. The van der Waals surface area contributed by atoms with Gasteiger partial charge in [0.15, 0.2) is 0 Å². The third-order valence-corrected chi connectivity index (χ3v) is 4.43. The highest BCUT2D eigenvalue weighted by Crippen LogP contribution is 2.14. The average Bonchev–Trinajstić information content (AvgIpc) is 2.76. The Morgan fingerprint density at radius 2 is 1.60 bits per heavy atom. The Balaban J connectivity index is 1.79. The summed E-state index contributed by atoms with van der Waals surface area (Å²) in [4.78, 5) is 26.1. The zero-order valence-corrected chi connectivity index (χ0v) is 17.2. The predicted octanol–water partition coefficient (Wildman–Crippen LogP) is 3.81. The number of halogens is 2. The summed E-state index contributed by atoms with van der Waals surface area (Å²) in [5.74, 6) is 0.311. The second kappa shape index (κ2) is 11.7. The summed E-state index contributed by atoms with van der Waals surface area (Å²) in [6, 6.07) is 13.4. The number of nitrogens with zero attached hydrogens (tertiary/aromatic N) is 1. The van der Waals surface area contributed by atoms with Gasteiger partial charge in [-0.1, -0.05) is 24.3 Å². The summed E-state index contributed by atoms with van der Waals surface area (Å²) in [6.45, 7) is 5.05. The van der Waals surface area contributed by atoms with Crippen molar-refractivity contribution in [1.82, 2.24) is 15.5 Å². The Bertz CT molecular complexity index is 825. The summed E-state index contributed by atoms with van der Waals surface area (Å²) in [7, 11) is 0. The van der Waals surface area contributed by atoms with Crippen molar-refractivity contribution >= 4 is 11.9 Å². The van der Waals surface area contributed by atoms with Gasteiger partial charge in [-0.3, -0.25) is 4.79 Å². The first kappa shape index (κ1) is 23.1. The monoisotopic (exact) mass is 419 g/mol. The molecule has 0 aliphatic rings. The molecule has 0 fully saturated rings. The van der Waals surface area contributed by atoms with Crippen LogP contribution in [0, 0.1) is 0 Å². The molecule has 162 valence electrons. The largest absolute Gasteiger partial charge is 0.488 e. The molecule has 0 spiro atoms. The summed E-state index contributed by atoms with van der Waals surface area (Å²) < 4.78 is 29.4. The summed E-state index contributed by atoms with van der Waals surface area (Å²) in [5.41, 5.74) is 2.21. The second-order valence-corrected chi connectivity index (χ2v) is 6.56. The van der Waals surface area contributed by atoms with E-state index >= 15 is 0 Å². The maximum atomic E-state index is 12.3. The lowest BCUT2D eigenvalue weighted by atomic mass is 10.1. The molecule has 8 heteroatoms. The van der Waals surface area contributed by atoms with Gasteiger partial charge in [-0.15, -0.1) is 0 Å². The van der Waals surface area contributed by atoms with Crippen molar-refractivity contribution in [3.05, 3.63) is 65.2 Å². The van der Waals surface area contributed by atoms with Crippen LogP contribution in [0.3, 0.4) is 0 Å². The molecular formula is C22H27F2N3O3. The molecule has 2 aromatic rings. The Morgan fingerprint density at radius 1 is 0.967 bits per heavy atom. The number of carbonyl (C=O) groups excluding carboxylic acids is 2. The van der Waals surface area contributed by atoms with Crippen LogP contribution in [0.5, 0.6) is 5.75 Å². The SMILES string of the molecule is CCN(CC)C(=O)c1ccc(CNC(=O)NCc2cccc(OCC(F)F)c2)cc1. The van der Waals surface area contributed by atoms with Gasteiger partial charge in [0.25, 0.3) is 12.3 Å². The second-order valence-electron chi connectivity index (χ2n) is 6.56. The van der Waals surface area contributed by atoms with Crippen molar-refractivity contribution in [2.24, 2.45) is 0 Å². The molecule has 0 bridgehead atoms. The van der Waals surface area contributed by atoms with E-state index in [1.807, 2.05) is 13.8 Å². The lowest BCUT2D eigenvalue weighted by Gasteiger charge is -2.18. The predicted molar refractivity (Wildman–Crippen MR) is 111 cm³/mol. The molecule has 2 N–H and O–H groups in total. The van der Waals surface area contributed by atoms with Crippen LogP contribution < -0.4 is 15.4 Å². The molecule has 0 saturated carbocycles. The first-order valence-corrected chi connectivity index (χ1v) is 9.82. The number of nitrogens with one attached hydrogen (secondary N) is 2. The summed E-state index contributed by atoms with van der Waals surface area (Å²) in [5, 5.41) is 5.45. The van der Waals surface area contributed by atoms with Crippen molar-refractivity contribution in [2.75, 3.05) is 19.7 Å². The van der Waals surface area contributed by atoms with Gasteiger partial charge in [-0.05, 0) is 49.2 Å². The van der Waals surface area contributed by atoms with Crippen LogP contribution in [0.2, 0.25) is 0 Å². The van der Waals surface area contributed by atoms with Gasteiger partial charge >= 0.3 is 6.03 Å². The van der Waals surface area contributed by atoms with E-state index in [2.05, 4.69) is 10.6 Å². The minimum atomic E-state index is -2.54. The van der Waals surface area contributed by atoms with Crippen LogP contribution >= 0.6 is 0 Å². The number of alkyl halides is 2. The van der Waals surface area contributed by atoms with Gasteiger partial charge in [0, 0.05) is 31.7 Å². The summed E-state index contributed by atoms with van der Waals surface area (Å²) in [6.07, 6.45) is -2.54. The molecule has 0 unspecified atom stereocenters. The van der Waals surface area contributed by atoms with Gasteiger partial charge in [0.1, 0.15) is 12.4 Å². The van der Waals surface area contributed by atoms with Gasteiger partial charge in [0.2, 0.25) is 0 Å². The molecule has 0 heterocycles. The van der Waals surface area contributed by atoms with Crippen LogP contribution in [0.4, 0.5) is 13.6 Å². The zero-order chi connectivity index (χ0) is 21.9. The van der Waals surface area contributed by atoms with E-state index in [1.54, 1.807) is 53.4 Å². The van der Waals surface area contributed by atoms with Gasteiger partial charge in [-0.25, -0.2) is 13.6 Å². The molecule has 0 radical (unpaired) electrons. The Morgan fingerprint density at radius 3 is 2.20 bits per heavy atom. The smallest absolute Gasteiger partial charge is 0.315 e. The number of benzene rings is 2. The molecule has 2 rings (SSSR count). The third kappa shape index (κ3) is 7.35. The topological polar surface area (TPSA) is 70.7 Å². The number of carbonyl (C=O) groups is 2. The fourth-order valence-electron chi connectivity index (χ4n) is 2.79. The van der Waals surface area contributed by atoms with Crippen LogP contribution in [-0.2, 0) is 13.1 Å². The van der Waals surface area contributed by atoms with Crippen LogP contribution in [0.15, 0.2) is 48.5 Å². The van der Waals surface area contributed by atoms with E-state index in [4.69, 9.17) is 4.74 Å². The Hall–Kier alpha value is -3.16. The minimum Gasteiger partial charge on any atom is -0.488 e. The number of urea groups is 1. The molecule has 30 heavy (non-hydrogen) atoms. The highest BCUT2D eigenvalue weighted by molar-refractivity contribution is 5.94. The standard InChI is InChI=1S/C22H27F2N3O3/c1-3-27(4-2)21(28)18-10-8-16(9-11-18)13-25-22(29)26-14-17-6-5-7-19(12-17)30-15-20(23)24/h5-12,20H,3-4,13-15H2,1-2H3,(H2,25,26,29). The molecule has 0 aromatic heterocycles. The van der Waals surface area contributed by atoms with Crippen molar-refractivity contribution in [3.63, 3.8) is 0 Å². The van der Waals surface area contributed by atoms with Crippen molar-refractivity contribution in [3.8, 4) is 5.75 Å². The maximum Gasteiger partial charge on any atom is 0.315 e. The van der Waals surface area contributed by atoms with Gasteiger partial charge < -0.3 is 20.3 Å². The molecular weight excluding hydrogens is 392 g/mol. The zero-order valence-electron chi connectivity index (χ0n) is 17.2. The van der Waals surface area contributed by atoms with E-state index in [0.717, 1.165) is 11.1 Å². The molecule has 6 nitrogen and oxygen atoms in total. The normalized spacial score (nSPS) is 10.6. The Labute approximate surface area is 175 Å². The van der Waals surface area contributed by atoms with Crippen LogP contribution in [-0.4, -0.2) is 43.0 Å². The number of hydrogen-bond acceptors (Lipinski definition) is 3. The van der Waals surface area contributed by atoms with Crippen LogP contribution in [0.25, 0.3) is 0 Å².